The third-order valence-corrected chi connectivity index (χ3v) is 6.30. The van der Waals surface area contributed by atoms with Crippen molar-refractivity contribution >= 4 is 35.0 Å². The van der Waals surface area contributed by atoms with E-state index in [9.17, 15) is 9.59 Å². The zero-order chi connectivity index (χ0) is 24.9. The van der Waals surface area contributed by atoms with Crippen molar-refractivity contribution < 1.29 is 9.59 Å². The van der Waals surface area contributed by atoms with Crippen LogP contribution in [-0.4, -0.2) is 31.4 Å². The van der Waals surface area contributed by atoms with E-state index in [4.69, 9.17) is 0 Å². The van der Waals surface area contributed by atoms with Gasteiger partial charge in [0.05, 0.1) is 0 Å². The minimum Gasteiger partial charge on any atom is -0.348 e. The number of thioether (sulfide) groups is 1. The van der Waals surface area contributed by atoms with Gasteiger partial charge in [0.15, 0.2) is 0 Å². The number of rotatable bonds is 8. The van der Waals surface area contributed by atoms with Gasteiger partial charge in [-0.2, -0.15) is 4.98 Å². The molecule has 4 rings (SSSR count). The van der Waals surface area contributed by atoms with Crippen LogP contribution in [-0.2, 0) is 17.1 Å². The molecule has 0 aliphatic carbocycles. The molecule has 2 aromatic heterocycles. The maximum Gasteiger partial charge on any atom is 0.253 e. The predicted octanol–water partition coefficient (Wildman–Crippen LogP) is 4.56. The molecule has 0 saturated heterocycles. The number of aromatic nitrogens is 4. The van der Waals surface area contributed by atoms with E-state index in [-0.39, 0.29) is 17.7 Å². The van der Waals surface area contributed by atoms with Crippen molar-refractivity contribution in [3.63, 3.8) is 0 Å². The van der Waals surface area contributed by atoms with Gasteiger partial charge < -0.3 is 10.6 Å². The summed E-state index contributed by atoms with van der Waals surface area (Å²) in [5.74, 6) is 0.879. The lowest BCUT2D eigenvalue weighted by molar-refractivity contribution is -0.118. The summed E-state index contributed by atoms with van der Waals surface area (Å²) in [5, 5.41) is 11.0. The molecule has 0 aliphatic heterocycles. The summed E-state index contributed by atoms with van der Waals surface area (Å²) in [4.78, 5) is 33.7. The number of fused-ring (bicyclic) bond motifs is 1. The second-order valence-electron chi connectivity index (χ2n) is 8.61. The first-order valence-electron chi connectivity index (χ1n) is 11.4. The number of hydrogen-bond donors (Lipinski definition) is 2. The molecule has 8 nitrogen and oxygen atoms in total. The molecule has 0 saturated carbocycles. The first kappa shape index (κ1) is 24.4. The Morgan fingerprint density at radius 2 is 1.77 bits per heavy atom. The highest BCUT2D eigenvalue weighted by molar-refractivity contribution is 7.98. The third kappa shape index (κ3) is 6.05. The van der Waals surface area contributed by atoms with Crippen molar-refractivity contribution in [1.29, 1.82) is 0 Å². The molecular weight excluding hydrogens is 460 g/mol. The summed E-state index contributed by atoms with van der Waals surface area (Å²) in [6, 6.07) is 17.0. The Hall–Kier alpha value is -3.72. The Bertz CT molecular complexity index is 1360. The van der Waals surface area contributed by atoms with Gasteiger partial charge in [0.2, 0.25) is 11.1 Å². The highest BCUT2D eigenvalue weighted by atomic mass is 32.2. The van der Waals surface area contributed by atoms with Crippen molar-refractivity contribution in [2.75, 3.05) is 5.32 Å². The number of carbonyl (C=O) groups excluding carboxylic acids is 2. The van der Waals surface area contributed by atoms with Crippen LogP contribution in [0.3, 0.4) is 0 Å². The molecule has 180 valence electrons. The minimum atomic E-state index is -0.144. The van der Waals surface area contributed by atoms with Crippen LogP contribution in [0.25, 0.3) is 5.78 Å². The lowest BCUT2D eigenvalue weighted by Gasteiger charge is -2.11. The molecule has 0 spiro atoms. The minimum absolute atomic E-state index is 0.0270. The van der Waals surface area contributed by atoms with Gasteiger partial charge >= 0.3 is 0 Å². The SMILES string of the molecule is Cc1cc(C)n2nc(SCc3ccccc3C(=O)NCc3ccc(NC(=O)C(C)C)cc3)nc2n1. The van der Waals surface area contributed by atoms with Crippen molar-refractivity contribution in [2.24, 2.45) is 5.92 Å². The predicted molar refractivity (Wildman–Crippen MR) is 137 cm³/mol. The summed E-state index contributed by atoms with van der Waals surface area (Å²) in [7, 11) is 0. The Balaban J connectivity index is 1.38. The van der Waals surface area contributed by atoms with Gasteiger partial charge in [0.25, 0.3) is 11.7 Å². The van der Waals surface area contributed by atoms with E-state index in [1.165, 1.54) is 11.8 Å². The van der Waals surface area contributed by atoms with Gasteiger partial charge in [-0.05, 0) is 49.2 Å². The van der Waals surface area contributed by atoms with Crippen LogP contribution in [0.5, 0.6) is 0 Å². The first-order chi connectivity index (χ1) is 16.8. The first-order valence-corrected chi connectivity index (χ1v) is 12.4. The number of carbonyl (C=O) groups is 2. The molecule has 35 heavy (non-hydrogen) atoms. The highest BCUT2D eigenvalue weighted by Crippen LogP contribution is 2.23. The quantitative estimate of drug-likeness (QED) is 0.353. The van der Waals surface area contributed by atoms with E-state index in [2.05, 4.69) is 25.7 Å². The number of amides is 2. The molecule has 0 unspecified atom stereocenters. The normalized spacial score (nSPS) is 11.1. The molecule has 0 bridgehead atoms. The van der Waals surface area contributed by atoms with Gasteiger partial charge in [-0.1, -0.05) is 55.9 Å². The number of anilines is 1. The molecule has 0 aliphatic rings. The lowest BCUT2D eigenvalue weighted by atomic mass is 10.1. The highest BCUT2D eigenvalue weighted by Gasteiger charge is 2.14. The molecule has 0 fully saturated rings. The zero-order valence-electron chi connectivity index (χ0n) is 20.2. The maximum atomic E-state index is 12.9. The second kappa shape index (κ2) is 10.7. The number of nitrogens with zero attached hydrogens (tertiary/aromatic N) is 4. The van der Waals surface area contributed by atoms with Crippen LogP contribution >= 0.6 is 11.8 Å². The molecule has 2 aromatic carbocycles. The van der Waals surface area contributed by atoms with E-state index in [1.54, 1.807) is 4.52 Å². The van der Waals surface area contributed by atoms with Gasteiger partial charge in [0.1, 0.15) is 0 Å². The number of aryl methyl sites for hydroxylation is 2. The van der Waals surface area contributed by atoms with Crippen LogP contribution in [0.2, 0.25) is 0 Å². The Morgan fingerprint density at radius 3 is 2.51 bits per heavy atom. The average molecular weight is 489 g/mol. The van der Waals surface area contributed by atoms with Crippen LogP contribution in [0, 0.1) is 19.8 Å². The molecule has 2 N–H and O–H groups in total. The van der Waals surface area contributed by atoms with Crippen LogP contribution in [0.1, 0.15) is 46.7 Å². The fourth-order valence-electron chi connectivity index (χ4n) is 3.49. The Kier molecular flexibility index (Phi) is 7.45. The van der Waals surface area contributed by atoms with Crippen LogP contribution in [0.15, 0.2) is 59.8 Å². The topological polar surface area (TPSA) is 101 Å². The van der Waals surface area contributed by atoms with Gasteiger partial charge in [0, 0.05) is 40.9 Å². The largest absolute Gasteiger partial charge is 0.348 e. The summed E-state index contributed by atoms with van der Waals surface area (Å²) in [6.45, 7) is 7.99. The average Bonchev–Trinajstić information content (AvgIpc) is 3.25. The standard InChI is InChI=1S/C26H28N6O2S/c1-16(2)23(33)29-21-11-9-19(10-12-21)14-27-24(34)22-8-6-5-7-20(22)15-35-26-30-25-28-17(3)13-18(4)32(25)31-26/h5-13,16H,14-15H2,1-4H3,(H,27,34)(H,29,33). The molecule has 9 heteroatoms. The van der Waals surface area contributed by atoms with Crippen molar-refractivity contribution in [3.05, 3.63) is 82.7 Å². The third-order valence-electron chi connectivity index (χ3n) is 5.42. The molecule has 4 aromatic rings. The maximum absolute atomic E-state index is 12.9. The summed E-state index contributed by atoms with van der Waals surface area (Å²) in [6.07, 6.45) is 0. The number of nitrogens with one attached hydrogen (secondary N) is 2. The number of hydrogen-bond acceptors (Lipinski definition) is 6. The van der Waals surface area contributed by atoms with E-state index >= 15 is 0 Å². The van der Waals surface area contributed by atoms with Gasteiger partial charge in [-0.15, -0.1) is 5.10 Å². The molecular formula is C26H28N6O2S. The van der Waals surface area contributed by atoms with E-state index in [0.29, 0.717) is 28.8 Å². The smallest absolute Gasteiger partial charge is 0.253 e. The zero-order valence-corrected chi connectivity index (χ0v) is 21.0. The second-order valence-corrected chi connectivity index (χ2v) is 9.56. The monoisotopic (exact) mass is 488 g/mol. The fraction of sp³-hybridized carbons (Fsp3) is 0.269. The van der Waals surface area contributed by atoms with Crippen molar-refractivity contribution in [2.45, 2.75) is 45.1 Å². The fourth-order valence-corrected chi connectivity index (χ4v) is 4.31. The lowest BCUT2D eigenvalue weighted by Crippen LogP contribution is -2.24. The van der Waals surface area contributed by atoms with Crippen molar-refractivity contribution in [1.82, 2.24) is 24.9 Å². The van der Waals surface area contributed by atoms with E-state index in [1.807, 2.05) is 82.3 Å². The molecule has 2 amide bonds. The molecule has 2 heterocycles. The Morgan fingerprint density at radius 1 is 1.03 bits per heavy atom. The van der Waals surface area contributed by atoms with E-state index in [0.717, 1.165) is 28.2 Å². The number of benzene rings is 2. The summed E-state index contributed by atoms with van der Waals surface area (Å²) < 4.78 is 1.73. The summed E-state index contributed by atoms with van der Waals surface area (Å²) >= 11 is 1.47. The van der Waals surface area contributed by atoms with Crippen LogP contribution < -0.4 is 10.6 Å². The summed E-state index contributed by atoms with van der Waals surface area (Å²) in [5.41, 5.74) is 5.08. The van der Waals surface area contributed by atoms with E-state index < -0.39 is 0 Å². The van der Waals surface area contributed by atoms with Gasteiger partial charge in [-0.25, -0.2) is 9.50 Å². The molecule has 0 radical (unpaired) electrons. The van der Waals surface area contributed by atoms with Crippen molar-refractivity contribution in [3.8, 4) is 0 Å². The Labute approximate surface area is 208 Å². The van der Waals surface area contributed by atoms with Gasteiger partial charge in [-0.3, -0.25) is 9.59 Å². The molecule has 0 atom stereocenters. The van der Waals surface area contributed by atoms with Crippen LogP contribution in [0.4, 0.5) is 5.69 Å².